The highest BCUT2D eigenvalue weighted by atomic mass is 19.4. The minimum absolute atomic E-state index is 0.313. The third-order valence-corrected chi connectivity index (χ3v) is 7.71. The summed E-state index contributed by atoms with van der Waals surface area (Å²) in [5, 5.41) is 7.65. The monoisotopic (exact) mass is 597 g/mol. The first-order valence-corrected chi connectivity index (χ1v) is 13.9. The Morgan fingerprint density at radius 1 is 1.16 bits per heavy atom. The van der Waals surface area contributed by atoms with Gasteiger partial charge in [0.05, 0.1) is 42.4 Å². The maximum Gasteiger partial charge on any atom is 0.416 e. The fourth-order valence-electron chi connectivity index (χ4n) is 5.24. The van der Waals surface area contributed by atoms with Gasteiger partial charge in [0.1, 0.15) is 17.9 Å². The first-order chi connectivity index (χ1) is 20.6. The molecule has 2 aromatic carbocycles. The van der Waals surface area contributed by atoms with Crippen molar-refractivity contribution < 1.29 is 27.5 Å². The van der Waals surface area contributed by atoms with Gasteiger partial charge in [0.2, 0.25) is 5.91 Å². The fourth-order valence-corrected chi connectivity index (χ4v) is 5.24. The van der Waals surface area contributed by atoms with Crippen LogP contribution in [0.1, 0.15) is 30.5 Å². The van der Waals surface area contributed by atoms with E-state index < -0.39 is 17.8 Å². The third-order valence-electron chi connectivity index (χ3n) is 7.71. The van der Waals surface area contributed by atoms with E-state index in [4.69, 9.17) is 9.57 Å². The van der Waals surface area contributed by atoms with E-state index in [0.717, 1.165) is 37.5 Å². The standard InChI is InChI=1S/C30H34F3N7O3/c1-5-29(41)37-22-14-23(26(42-4)15-25(22)39-11-10-38(3)19(2)17-39)36-27-16-28(35-18-34-27)40-24(9-12-43-40)20-7-6-8-21(13-20)30(31,32)33/h5-8,13-16,18-19,24H,1,9-12,17H2,2-4H3,(H,37,41)(H,34,35,36). The molecule has 2 aliphatic heterocycles. The minimum atomic E-state index is -4.45. The topological polar surface area (TPSA) is 95.1 Å². The van der Waals surface area contributed by atoms with E-state index in [-0.39, 0.29) is 5.91 Å². The largest absolute Gasteiger partial charge is 0.494 e. The molecular formula is C30H34F3N7O3. The Balaban J connectivity index is 1.44. The molecule has 13 heteroatoms. The van der Waals surface area contributed by atoms with E-state index in [1.54, 1.807) is 25.3 Å². The van der Waals surface area contributed by atoms with Crippen LogP contribution < -0.4 is 25.3 Å². The molecule has 2 N–H and O–H groups in total. The number of nitrogens with one attached hydrogen (secondary N) is 2. The number of carbonyl (C=O) groups excluding carboxylic acids is 1. The van der Waals surface area contributed by atoms with Crippen LogP contribution in [0.25, 0.3) is 0 Å². The predicted octanol–water partition coefficient (Wildman–Crippen LogP) is 5.40. The van der Waals surface area contributed by atoms with Gasteiger partial charge in [-0.25, -0.2) is 15.0 Å². The summed E-state index contributed by atoms with van der Waals surface area (Å²) in [7, 11) is 3.64. The van der Waals surface area contributed by atoms with Crippen molar-refractivity contribution in [2.75, 3.05) is 61.0 Å². The number of anilines is 5. The number of rotatable bonds is 8. The van der Waals surface area contributed by atoms with Crippen LogP contribution in [0.2, 0.25) is 0 Å². The fraction of sp³-hybridized carbons (Fsp3) is 0.367. The summed E-state index contributed by atoms with van der Waals surface area (Å²) in [4.78, 5) is 31.3. The van der Waals surface area contributed by atoms with Crippen LogP contribution in [0.5, 0.6) is 5.75 Å². The first kappa shape index (κ1) is 30.1. The molecule has 2 aliphatic rings. The van der Waals surface area contributed by atoms with Crippen molar-refractivity contribution in [3.8, 4) is 5.75 Å². The number of alkyl halides is 3. The summed E-state index contributed by atoms with van der Waals surface area (Å²) < 4.78 is 45.8. The van der Waals surface area contributed by atoms with Gasteiger partial charge in [-0.05, 0) is 43.8 Å². The summed E-state index contributed by atoms with van der Waals surface area (Å²) in [6.45, 7) is 8.44. The maximum atomic E-state index is 13.4. The first-order valence-electron chi connectivity index (χ1n) is 13.9. The number of piperazine rings is 1. The molecule has 1 amide bonds. The molecule has 43 heavy (non-hydrogen) atoms. The molecule has 1 aromatic heterocycles. The zero-order chi connectivity index (χ0) is 30.7. The zero-order valence-corrected chi connectivity index (χ0v) is 24.2. The zero-order valence-electron chi connectivity index (χ0n) is 24.2. The van der Waals surface area contributed by atoms with E-state index in [1.165, 1.54) is 23.5 Å². The van der Waals surface area contributed by atoms with Gasteiger partial charge in [0.25, 0.3) is 0 Å². The van der Waals surface area contributed by atoms with Gasteiger partial charge in [-0.15, -0.1) is 0 Å². The van der Waals surface area contributed by atoms with E-state index in [9.17, 15) is 18.0 Å². The van der Waals surface area contributed by atoms with Crippen molar-refractivity contribution >= 4 is 34.6 Å². The van der Waals surface area contributed by atoms with Gasteiger partial charge >= 0.3 is 6.18 Å². The van der Waals surface area contributed by atoms with Gasteiger partial charge in [-0.3, -0.25) is 9.63 Å². The second kappa shape index (κ2) is 12.5. The van der Waals surface area contributed by atoms with E-state index in [1.807, 2.05) is 6.07 Å². The molecule has 2 saturated heterocycles. The highest BCUT2D eigenvalue weighted by Gasteiger charge is 2.34. The number of methoxy groups -OCH3 is 1. The van der Waals surface area contributed by atoms with Gasteiger partial charge in [0, 0.05) is 44.2 Å². The molecule has 0 aliphatic carbocycles. The number of amides is 1. The van der Waals surface area contributed by atoms with Crippen molar-refractivity contribution in [3.05, 3.63) is 72.6 Å². The van der Waals surface area contributed by atoms with Crippen molar-refractivity contribution in [1.29, 1.82) is 0 Å². The highest BCUT2D eigenvalue weighted by molar-refractivity contribution is 6.02. The molecule has 0 spiro atoms. The number of halogens is 3. The number of nitrogens with zero attached hydrogens (tertiary/aromatic N) is 5. The van der Waals surface area contributed by atoms with Crippen LogP contribution >= 0.6 is 0 Å². The predicted molar refractivity (Wildman–Crippen MR) is 159 cm³/mol. The van der Waals surface area contributed by atoms with Crippen LogP contribution in [-0.4, -0.2) is 67.2 Å². The van der Waals surface area contributed by atoms with Crippen LogP contribution in [0.4, 0.5) is 41.9 Å². The Labute approximate surface area is 248 Å². The quantitative estimate of drug-likeness (QED) is 0.331. The van der Waals surface area contributed by atoms with Crippen molar-refractivity contribution in [1.82, 2.24) is 14.9 Å². The molecule has 5 rings (SSSR count). The molecule has 0 radical (unpaired) electrons. The molecule has 2 atom stereocenters. The van der Waals surface area contributed by atoms with Crippen LogP contribution in [0, 0.1) is 0 Å². The number of ether oxygens (including phenoxy) is 1. The lowest BCUT2D eigenvalue weighted by molar-refractivity contribution is -0.137. The second-order valence-electron chi connectivity index (χ2n) is 10.5. The van der Waals surface area contributed by atoms with Crippen LogP contribution in [0.3, 0.4) is 0 Å². The Morgan fingerprint density at radius 3 is 2.70 bits per heavy atom. The number of hydrogen-bond acceptors (Lipinski definition) is 9. The Kier molecular flexibility index (Phi) is 8.74. The molecule has 10 nitrogen and oxygen atoms in total. The van der Waals surface area contributed by atoms with Gasteiger partial charge in [0.15, 0.2) is 5.82 Å². The molecule has 0 bridgehead atoms. The molecule has 3 aromatic rings. The van der Waals surface area contributed by atoms with Crippen LogP contribution in [-0.2, 0) is 15.8 Å². The van der Waals surface area contributed by atoms with Gasteiger partial charge < -0.3 is 25.2 Å². The molecule has 0 saturated carbocycles. The Morgan fingerprint density at radius 2 is 1.98 bits per heavy atom. The second-order valence-corrected chi connectivity index (χ2v) is 10.5. The minimum Gasteiger partial charge on any atom is -0.494 e. The normalized spacial score (nSPS) is 19.3. The van der Waals surface area contributed by atoms with Crippen molar-refractivity contribution in [2.24, 2.45) is 0 Å². The lowest BCUT2D eigenvalue weighted by Gasteiger charge is -2.39. The highest BCUT2D eigenvalue weighted by Crippen LogP contribution is 2.41. The SMILES string of the molecule is C=CC(=O)Nc1cc(Nc2cc(N3OCCC3c3cccc(C(F)(F)F)c3)ncn2)c(OC)cc1N1CCN(C)C(C)C1. The Bertz CT molecular complexity index is 1490. The third kappa shape index (κ3) is 6.67. The molecule has 2 unspecified atom stereocenters. The van der Waals surface area contributed by atoms with Crippen molar-refractivity contribution in [3.63, 3.8) is 0 Å². The number of aromatic nitrogens is 2. The summed E-state index contributed by atoms with van der Waals surface area (Å²) in [6, 6.07) is 10.4. The summed E-state index contributed by atoms with van der Waals surface area (Å²) in [6.07, 6.45) is -1.41. The van der Waals surface area contributed by atoms with Gasteiger partial charge in [-0.1, -0.05) is 18.7 Å². The van der Waals surface area contributed by atoms with Crippen molar-refractivity contribution in [2.45, 2.75) is 31.6 Å². The summed E-state index contributed by atoms with van der Waals surface area (Å²) in [5.74, 6) is 0.941. The van der Waals surface area contributed by atoms with E-state index in [2.05, 4.69) is 51.0 Å². The summed E-state index contributed by atoms with van der Waals surface area (Å²) >= 11 is 0. The number of likely N-dealkylation sites (N-methyl/N-ethyl adjacent to an activating group) is 1. The number of hydroxylamine groups is 1. The molecule has 3 heterocycles. The van der Waals surface area contributed by atoms with E-state index in [0.29, 0.717) is 53.4 Å². The average molecular weight is 598 g/mol. The summed E-state index contributed by atoms with van der Waals surface area (Å²) in [5.41, 5.74) is 1.68. The molecule has 228 valence electrons. The molecule has 2 fully saturated rings. The van der Waals surface area contributed by atoms with Crippen LogP contribution in [0.15, 0.2) is 61.4 Å². The average Bonchev–Trinajstić information content (AvgIpc) is 3.49. The number of hydrogen-bond donors (Lipinski definition) is 2. The van der Waals surface area contributed by atoms with E-state index >= 15 is 0 Å². The lowest BCUT2D eigenvalue weighted by Crippen LogP contribution is -2.50. The maximum absolute atomic E-state index is 13.4. The lowest BCUT2D eigenvalue weighted by atomic mass is 10.0. The number of carbonyl (C=O) groups is 1. The molecular weight excluding hydrogens is 563 g/mol. The smallest absolute Gasteiger partial charge is 0.416 e. The Hall–Kier alpha value is -4.36. The number of benzene rings is 2. The van der Waals surface area contributed by atoms with Gasteiger partial charge in [-0.2, -0.15) is 13.2 Å².